The van der Waals surface area contributed by atoms with Crippen molar-refractivity contribution in [1.29, 1.82) is 0 Å². The monoisotopic (exact) mass is 413 g/mol. The molecule has 0 aliphatic heterocycles. The molecule has 0 aromatic rings. The summed E-state index contributed by atoms with van der Waals surface area (Å²) in [5.41, 5.74) is 0. The lowest BCUT2D eigenvalue weighted by molar-refractivity contribution is -0.873. The van der Waals surface area contributed by atoms with Crippen molar-refractivity contribution in [2.24, 2.45) is 5.92 Å². The molecule has 0 rings (SSSR count). The Hall–Kier alpha value is -1.10. The molecular formula is C24H47NO4. The summed E-state index contributed by atoms with van der Waals surface area (Å²) >= 11 is 0. The minimum atomic E-state index is -1.17. The molecule has 0 bridgehead atoms. The average molecular weight is 414 g/mol. The minimum Gasteiger partial charge on any atom is -0.550 e. The van der Waals surface area contributed by atoms with Crippen molar-refractivity contribution < 1.29 is 23.9 Å². The summed E-state index contributed by atoms with van der Waals surface area (Å²) in [5.74, 6) is -0.628. The number of carboxylic acids is 1. The van der Waals surface area contributed by atoms with Crippen LogP contribution in [0.2, 0.25) is 0 Å². The number of rotatable bonds is 19. The van der Waals surface area contributed by atoms with Crippen LogP contribution < -0.4 is 5.11 Å². The second-order valence-electron chi connectivity index (χ2n) is 9.98. The van der Waals surface area contributed by atoms with Gasteiger partial charge in [0.05, 0.1) is 21.1 Å². The van der Waals surface area contributed by atoms with Crippen molar-refractivity contribution in [3.63, 3.8) is 0 Å². The van der Waals surface area contributed by atoms with Gasteiger partial charge >= 0.3 is 5.97 Å². The summed E-state index contributed by atoms with van der Waals surface area (Å²) in [6, 6.07) is 0. The zero-order valence-electron chi connectivity index (χ0n) is 19.8. The van der Waals surface area contributed by atoms with E-state index in [2.05, 4.69) is 13.8 Å². The third-order valence-electron chi connectivity index (χ3n) is 5.11. The highest BCUT2D eigenvalue weighted by Crippen LogP contribution is 2.14. The summed E-state index contributed by atoms with van der Waals surface area (Å²) in [5, 5.41) is 10.9. The number of carbonyl (C=O) groups excluding carboxylic acids is 2. The number of hydrogen-bond donors (Lipinski definition) is 0. The van der Waals surface area contributed by atoms with Crippen LogP contribution in [-0.2, 0) is 14.3 Å². The van der Waals surface area contributed by atoms with Crippen molar-refractivity contribution in [2.75, 3.05) is 27.7 Å². The third-order valence-corrected chi connectivity index (χ3v) is 5.11. The summed E-state index contributed by atoms with van der Waals surface area (Å²) < 4.78 is 5.92. The van der Waals surface area contributed by atoms with Crippen molar-refractivity contribution >= 4 is 11.9 Å². The Labute approximate surface area is 179 Å². The number of unbranched alkanes of at least 4 members (excludes halogenated alkanes) is 10. The van der Waals surface area contributed by atoms with Gasteiger partial charge in [0, 0.05) is 18.8 Å². The Morgan fingerprint density at radius 1 is 0.793 bits per heavy atom. The average Bonchev–Trinajstić information content (AvgIpc) is 2.56. The molecule has 0 spiro atoms. The second kappa shape index (κ2) is 16.7. The molecule has 0 heterocycles. The van der Waals surface area contributed by atoms with Gasteiger partial charge in [-0.15, -0.1) is 0 Å². The Balaban J connectivity index is 3.61. The van der Waals surface area contributed by atoms with Crippen LogP contribution in [0.15, 0.2) is 0 Å². The number of esters is 1. The van der Waals surface area contributed by atoms with Crippen LogP contribution >= 0.6 is 0 Å². The number of ether oxygens (including phenoxy) is 1. The van der Waals surface area contributed by atoms with E-state index in [4.69, 9.17) is 4.74 Å². The fraction of sp³-hybridized carbons (Fsp3) is 0.917. The molecule has 0 unspecified atom stereocenters. The van der Waals surface area contributed by atoms with E-state index in [9.17, 15) is 14.7 Å². The lowest BCUT2D eigenvalue weighted by Gasteiger charge is -2.29. The topological polar surface area (TPSA) is 66.4 Å². The van der Waals surface area contributed by atoms with E-state index < -0.39 is 12.1 Å². The highest BCUT2D eigenvalue weighted by Gasteiger charge is 2.22. The van der Waals surface area contributed by atoms with E-state index in [-0.39, 0.29) is 12.4 Å². The highest BCUT2D eigenvalue weighted by atomic mass is 16.5. The van der Waals surface area contributed by atoms with E-state index in [0.29, 0.717) is 17.4 Å². The number of nitrogens with zero attached hydrogens (tertiary/aromatic N) is 1. The summed E-state index contributed by atoms with van der Waals surface area (Å²) in [4.78, 5) is 22.9. The van der Waals surface area contributed by atoms with E-state index >= 15 is 0 Å². The van der Waals surface area contributed by atoms with E-state index in [1.54, 1.807) is 0 Å². The lowest BCUT2D eigenvalue weighted by atomic mass is 10.0. The van der Waals surface area contributed by atoms with Gasteiger partial charge in [-0.05, 0) is 12.3 Å². The van der Waals surface area contributed by atoms with Gasteiger partial charge in [0.15, 0.2) is 6.10 Å². The first kappa shape index (κ1) is 27.9. The van der Waals surface area contributed by atoms with Crippen molar-refractivity contribution in [2.45, 2.75) is 110 Å². The minimum absolute atomic E-state index is 0.237. The summed E-state index contributed by atoms with van der Waals surface area (Å²) in [6.07, 6.45) is 14.6. The normalized spacial score (nSPS) is 12.9. The largest absolute Gasteiger partial charge is 0.550 e. The number of hydrogen-bond acceptors (Lipinski definition) is 4. The number of carboxylic acid groups (broad SMARTS) is 1. The van der Waals surface area contributed by atoms with Crippen LogP contribution in [0.3, 0.4) is 0 Å². The van der Waals surface area contributed by atoms with Gasteiger partial charge in [-0.3, -0.25) is 4.79 Å². The molecule has 0 aliphatic carbocycles. The molecule has 172 valence electrons. The molecule has 0 aromatic carbocycles. The first-order valence-corrected chi connectivity index (χ1v) is 11.8. The molecule has 0 N–H and O–H groups in total. The quantitative estimate of drug-likeness (QED) is 0.178. The molecule has 0 amide bonds. The molecule has 0 saturated heterocycles. The van der Waals surface area contributed by atoms with E-state index in [1.807, 2.05) is 21.1 Å². The Morgan fingerprint density at radius 3 is 1.66 bits per heavy atom. The molecular weight excluding hydrogens is 366 g/mol. The Bertz CT molecular complexity index is 429. The van der Waals surface area contributed by atoms with Crippen LogP contribution in [0.25, 0.3) is 0 Å². The summed E-state index contributed by atoms with van der Waals surface area (Å²) in [7, 11) is 5.84. The van der Waals surface area contributed by atoms with Crippen molar-refractivity contribution in [3.05, 3.63) is 0 Å². The van der Waals surface area contributed by atoms with Gasteiger partial charge in [0.25, 0.3) is 0 Å². The zero-order valence-corrected chi connectivity index (χ0v) is 19.8. The number of carbonyl (C=O) groups is 2. The van der Waals surface area contributed by atoms with Crippen LogP contribution in [-0.4, -0.2) is 50.2 Å². The van der Waals surface area contributed by atoms with E-state index in [0.717, 1.165) is 25.2 Å². The summed E-state index contributed by atoms with van der Waals surface area (Å²) in [6.45, 7) is 5.06. The maximum Gasteiger partial charge on any atom is 0.306 e. The third kappa shape index (κ3) is 21.4. The second-order valence-corrected chi connectivity index (χ2v) is 9.98. The molecule has 0 radical (unpaired) electrons. The highest BCUT2D eigenvalue weighted by molar-refractivity contribution is 5.70. The van der Waals surface area contributed by atoms with Gasteiger partial charge in [-0.2, -0.15) is 0 Å². The molecule has 5 nitrogen and oxygen atoms in total. The first-order valence-electron chi connectivity index (χ1n) is 11.8. The Morgan fingerprint density at radius 2 is 1.24 bits per heavy atom. The van der Waals surface area contributed by atoms with Gasteiger partial charge in [-0.25, -0.2) is 0 Å². The number of aliphatic carboxylic acids is 1. The van der Waals surface area contributed by atoms with Crippen LogP contribution in [0.1, 0.15) is 104 Å². The maximum absolute atomic E-state index is 12.0. The zero-order chi connectivity index (χ0) is 22.1. The molecule has 0 aliphatic rings. The van der Waals surface area contributed by atoms with Crippen LogP contribution in [0.5, 0.6) is 0 Å². The van der Waals surface area contributed by atoms with Crippen molar-refractivity contribution in [1.82, 2.24) is 0 Å². The SMILES string of the molecule is CC(C)CCCCCCCCCCCCCC(=O)O[C@H](CC(=O)[O-])C[N+](C)(C)C. The van der Waals surface area contributed by atoms with Crippen LogP contribution in [0, 0.1) is 5.92 Å². The van der Waals surface area contributed by atoms with Gasteiger partial charge < -0.3 is 19.1 Å². The first-order chi connectivity index (χ1) is 13.6. The van der Waals surface area contributed by atoms with E-state index in [1.165, 1.54) is 57.8 Å². The molecule has 0 aromatic heterocycles. The van der Waals surface area contributed by atoms with Gasteiger partial charge in [-0.1, -0.05) is 84.5 Å². The predicted molar refractivity (Wildman–Crippen MR) is 117 cm³/mol. The molecule has 5 heteroatoms. The fourth-order valence-electron chi connectivity index (χ4n) is 3.60. The molecule has 29 heavy (non-hydrogen) atoms. The lowest BCUT2D eigenvalue weighted by Crippen LogP contribution is -2.45. The molecule has 0 fully saturated rings. The maximum atomic E-state index is 12.0. The molecule has 1 atom stereocenters. The molecule has 0 saturated carbocycles. The number of likely N-dealkylation sites (N-methyl/N-ethyl adjacent to an activating group) is 1. The Kier molecular flexibility index (Phi) is 16.0. The fourth-order valence-corrected chi connectivity index (χ4v) is 3.60. The van der Waals surface area contributed by atoms with Crippen molar-refractivity contribution in [3.8, 4) is 0 Å². The predicted octanol–water partition coefficient (Wildman–Crippen LogP) is 4.47. The van der Waals surface area contributed by atoms with Gasteiger partial charge in [0.2, 0.25) is 0 Å². The van der Waals surface area contributed by atoms with Gasteiger partial charge in [0.1, 0.15) is 6.54 Å². The standard InChI is InChI=1S/C24H47NO4/c1-21(2)17-15-13-11-9-7-6-8-10-12-14-16-18-24(28)29-22(19-23(26)27)20-25(3,4)5/h21-22H,6-20H2,1-5H3/t22-/m1/s1. The smallest absolute Gasteiger partial charge is 0.306 e. The van der Waals surface area contributed by atoms with Crippen LogP contribution in [0.4, 0.5) is 0 Å². The number of quaternary nitrogens is 1.